The van der Waals surface area contributed by atoms with Gasteiger partial charge in [0, 0.05) is 4.47 Å². The number of aliphatic hydroxyl groups excluding tert-OH is 1. The summed E-state index contributed by atoms with van der Waals surface area (Å²) in [5.41, 5.74) is 1.10. The third kappa shape index (κ3) is 2.44. The van der Waals surface area contributed by atoms with Gasteiger partial charge >= 0.3 is 0 Å². The van der Waals surface area contributed by atoms with Crippen molar-refractivity contribution in [2.24, 2.45) is 11.3 Å². The molecular formula is C16H21BrO3. The topological polar surface area (TPSA) is 38.7 Å². The van der Waals surface area contributed by atoms with E-state index in [2.05, 4.69) is 29.8 Å². The molecule has 1 heterocycles. The van der Waals surface area contributed by atoms with E-state index in [9.17, 15) is 5.11 Å². The van der Waals surface area contributed by atoms with Gasteiger partial charge in [-0.25, -0.2) is 0 Å². The molecule has 20 heavy (non-hydrogen) atoms. The normalized spacial score (nSPS) is 25.5. The van der Waals surface area contributed by atoms with Crippen LogP contribution in [-0.4, -0.2) is 18.3 Å². The summed E-state index contributed by atoms with van der Waals surface area (Å²) in [6.45, 7) is 5.65. The number of fused-ring (bicyclic) bond motifs is 1. The summed E-state index contributed by atoms with van der Waals surface area (Å²) in [6.07, 6.45) is 2.99. The van der Waals surface area contributed by atoms with Gasteiger partial charge in [-0.3, -0.25) is 0 Å². The van der Waals surface area contributed by atoms with E-state index in [0.29, 0.717) is 19.1 Å². The predicted octanol–water partition coefficient (Wildman–Crippen LogP) is 4.08. The van der Waals surface area contributed by atoms with Crippen molar-refractivity contribution in [3.63, 3.8) is 0 Å². The first-order valence-corrected chi connectivity index (χ1v) is 8.05. The molecule has 0 saturated heterocycles. The Kier molecular flexibility index (Phi) is 3.71. The van der Waals surface area contributed by atoms with E-state index >= 15 is 0 Å². The van der Waals surface area contributed by atoms with Gasteiger partial charge in [0.25, 0.3) is 0 Å². The number of hydrogen-bond donors (Lipinski definition) is 1. The van der Waals surface area contributed by atoms with Crippen LogP contribution in [0.4, 0.5) is 0 Å². The third-order valence-corrected chi connectivity index (χ3v) is 5.39. The SMILES string of the molecule is CC1(C)CCCC1C(O)c1cc2c(cc1Br)OCCO2. The van der Waals surface area contributed by atoms with Crippen LogP contribution >= 0.6 is 15.9 Å². The lowest BCUT2D eigenvalue weighted by Gasteiger charge is -2.32. The average Bonchev–Trinajstić information content (AvgIpc) is 2.77. The van der Waals surface area contributed by atoms with Crippen LogP contribution in [0.5, 0.6) is 11.5 Å². The lowest BCUT2D eigenvalue weighted by atomic mass is 9.77. The van der Waals surface area contributed by atoms with Crippen molar-refractivity contribution in [1.29, 1.82) is 0 Å². The van der Waals surface area contributed by atoms with E-state index in [4.69, 9.17) is 9.47 Å². The van der Waals surface area contributed by atoms with Gasteiger partial charge < -0.3 is 14.6 Å². The Hall–Kier alpha value is -0.740. The average molecular weight is 341 g/mol. The van der Waals surface area contributed by atoms with E-state index in [1.54, 1.807) is 0 Å². The number of ether oxygens (including phenoxy) is 2. The van der Waals surface area contributed by atoms with Crippen molar-refractivity contribution in [2.75, 3.05) is 13.2 Å². The monoisotopic (exact) mass is 340 g/mol. The highest BCUT2D eigenvalue weighted by molar-refractivity contribution is 9.10. The highest BCUT2D eigenvalue weighted by Crippen LogP contribution is 2.50. The maximum Gasteiger partial charge on any atom is 0.162 e. The molecule has 1 aromatic carbocycles. The van der Waals surface area contributed by atoms with E-state index in [1.807, 2.05) is 12.1 Å². The first-order chi connectivity index (χ1) is 9.49. The number of aliphatic hydroxyl groups is 1. The zero-order valence-electron chi connectivity index (χ0n) is 12.0. The predicted molar refractivity (Wildman–Crippen MR) is 81.2 cm³/mol. The second kappa shape index (κ2) is 5.23. The Morgan fingerprint density at radius 3 is 2.50 bits per heavy atom. The summed E-state index contributed by atoms with van der Waals surface area (Å²) in [4.78, 5) is 0. The molecule has 3 nitrogen and oxygen atoms in total. The molecule has 1 saturated carbocycles. The zero-order chi connectivity index (χ0) is 14.3. The second-order valence-corrected chi connectivity index (χ2v) is 7.30. The Morgan fingerprint density at radius 1 is 1.25 bits per heavy atom. The van der Waals surface area contributed by atoms with Gasteiger partial charge in [0.05, 0.1) is 6.10 Å². The molecule has 1 fully saturated rings. The quantitative estimate of drug-likeness (QED) is 0.881. The van der Waals surface area contributed by atoms with Gasteiger partial charge in [-0.05, 0) is 41.9 Å². The lowest BCUT2D eigenvalue weighted by Crippen LogP contribution is -2.24. The van der Waals surface area contributed by atoms with Gasteiger partial charge in [0.1, 0.15) is 13.2 Å². The van der Waals surface area contributed by atoms with Crippen molar-refractivity contribution in [1.82, 2.24) is 0 Å². The number of hydrogen-bond acceptors (Lipinski definition) is 3. The van der Waals surface area contributed by atoms with E-state index in [0.717, 1.165) is 28.0 Å². The standard InChI is InChI=1S/C16H21BrO3/c1-16(2)5-3-4-11(16)15(18)10-8-13-14(9-12(10)17)20-7-6-19-13/h8-9,11,15,18H,3-7H2,1-2H3. The Bertz CT molecular complexity index is 513. The molecule has 1 aromatic rings. The van der Waals surface area contributed by atoms with E-state index in [1.165, 1.54) is 12.8 Å². The fourth-order valence-corrected chi connectivity index (χ4v) is 4.02. The molecule has 1 aliphatic carbocycles. The molecule has 0 amide bonds. The Morgan fingerprint density at radius 2 is 1.90 bits per heavy atom. The van der Waals surface area contributed by atoms with Crippen molar-refractivity contribution in [3.05, 3.63) is 22.2 Å². The van der Waals surface area contributed by atoms with Crippen LogP contribution in [0, 0.1) is 11.3 Å². The fourth-order valence-electron chi connectivity index (χ4n) is 3.46. The second-order valence-electron chi connectivity index (χ2n) is 6.45. The van der Waals surface area contributed by atoms with Crippen LogP contribution in [0.2, 0.25) is 0 Å². The maximum atomic E-state index is 10.8. The molecule has 2 unspecified atom stereocenters. The Balaban J connectivity index is 1.93. The lowest BCUT2D eigenvalue weighted by molar-refractivity contribution is 0.0521. The number of rotatable bonds is 2. The van der Waals surface area contributed by atoms with Crippen LogP contribution in [-0.2, 0) is 0 Å². The van der Waals surface area contributed by atoms with Crippen molar-refractivity contribution < 1.29 is 14.6 Å². The van der Waals surface area contributed by atoms with Crippen molar-refractivity contribution in [2.45, 2.75) is 39.2 Å². The first-order valence-electron chi connectivity index (χ1n) is 7.26. The molecule has 110 valence electrons. The molecular weight excluding hydrogens is 320 g/mol. The van der Waals surface area contributed by atoms with E-state index in [-0.39, 0.29) is 5.41 Å². The Labute approximate surface area is 128 Å². The van der Waals surface area contributed by atoms with Gasteiger partial charge in [-0.1, -0.05) is 36.2 Å². The van der Waals surface area contributed by atoms with Gasteiger partial charge in [0.2, 0.25) is 0 Å². The highest BCUT2D eigenvalue weighted by atomic mass is 79.9. The minimum Gasteiger partial charge on any atom is -0.486 e. The molecule has 3 rings (SSSR count). The van der Waals surface area contributed by atoms with Gasteiger partial charge in [-0.2, -0.15) is 0 Å². The van der Waals surface area contributed by atoms with Crippen LogP contribution < -0.4 is 9.47 Å². The van der Waals surface area contributed by atoms with Crippen LogP contribution in [0.1, 0.15) is 44.8 Å². The zero-order valence-corrected chi connectivity index (χ0v) is 13.6. The summed E-state index contributed by atoms with van der Waals surface area (Å²) in [5, 5.41) is 10.8. The minimum absolute atomic E-state index is 0.187. The van der Waals surface area contributed by atoms with Crippen LogP contribution in [0.25, 0.3) is 0 Å². The van der Waals surface area contributed by atoms with E-state index < -0.39 is 6.10 Å². The molecule has 0 radical (unpaired) electrons. The molecule has 1 aliphatic heterocycles. The summed E-state index contributed by atoms with van der Waals surface area (Å²) in [6, 6.07) is 3.84. The third-order valence-electron chi connectivity index (χ3n) is 4.70. The molecule has 0 aromatic heterocycles. The van der Waals surface area contributed by atoms with Crippen LogP contribution in [0.3, 0.4) is 0 Å². The molecule has 1 N–H and O–H groups in total. The molecule has 2 atom stereocenters. The molecule has 4 heteroatoms. The van der Waals surface area contributed by atoms with Crippen molar-refractivity contribution in [3.8, 4) is 11.5 Å². The first kappa shape index (κ1) is 14.2. The fraction of sp³-hybridized carbons (Fsp3) is 0.625. The number of benzene rings is 1. The largest absolute Gasteiger partial charge is 0.486 e. The van der Waals surface area contributed by atoms with Gasteiger partial charge in [-0.15, -0.1) is 0 Å². The van der Waals surface area contributed by atoms with Crippen LogP contribution in [0.15, 0.2) is 16.6 Å². The minimum atomic E-state index is -0.460. The molecule has 2 aliphatic rings. The molecule has 0 bridgehead atoms. The van der Waals surface area contributed by atoms with Gasteiger partial charge in [0.15, 0.2) is 11.5 Å². The maximum absolute atomic E-state index is 10.8. The number of halogens is 1. The summed E-state index contributed by atoms with van der Waals surface area (Å²) < 4.78 is 12.1. The molecule has 0 spiro atoms. The van der Waals surface area contributed by atoms with Crippen molar-refractivity contribution >= 4 is 15.9 Å². The summed E-state index contributed by atoms with van der Waals surface area (Å²) in [5.74, 6) is 1.79. The smallest absolute Gasteiger partial charge is 0.162 e. The summed E-state index contributed by atoms with van der Waals surface area (Å²) in [7, 11) is 0. The summed E-state index contributed by atoms with van der Waals surface area (Å²) >= 11 is 3.57. The highest BCUT2D eigenvalue weighted by Gasteiger charge is 2.40.